The van der Waals surface area contributed by atoms with Crippen molar-refractivity contribution in [2.45, 2.75) is 30.7 Å². The van der Waals surface area contributed by atoms with Gasteiger partial charge in [-0.3, -0.25) is 9.78 Å². The van der Waals surface area contributed by atoms with Crippen LogP contribution in [-0.2, 0) is 14.8 Å². The maximum atomic E-state index is 13.3. The van der Waals surface area contributed by atoms with E-state index in [-0.39, 0.29) is 17.5 Å². The third-order valence-corrected chi connectivity index (χ3v) is 7.06. The van der Waals surface area contributed by atoms with Gasteiger partial charge in [-0.15, -0.1) is 11.3 Å². The summed E-state index contributed by atoms with van der Waals surface area (Å²) in [5.74, 6) is -0.395. The van der Waals surface area contributed by atoms with Crippen LogP contribution in [0.25, 0.3) is 10.9 Å². The fraction of sp³-hybridized carbons (Fsp3) is 0.278. The first-order valence-electron chi connectivity index (χ1n) is 8.53. The molecular weight excluding hydrogens is 384 g/mol. The highest BCUT2D eigenvalue weighted by atomic mass is 32.2. The van der Waals surface area contributed by atoms with Gasteiger partial charge >= 0.3 is 0 Å². The minimum atomic E-state index is -3.85. The summed E-state index contributed by atoms with van der Waals surface area (Å²) >= 11 is 1.35. The Morgan fingerprint density at radius 3 is 2.74 bits per heavy atom. The van der Waals surface area contributed by atoms with Gasteiger partial charge in [0.05, 0.1) is 12.1 Å². The number of nitrogens with one attached hydrogen (secondary N) is 1. The first kappa shape index (κ1) is 18.0. The number of amides is 1. The van der Waals surface area contributed by atoms with Crippen LogP contribution < -0.4 is 5.32 Å². The highest BCUT2D eigenvalue weighted by Gasteiger charge is 2.40. The van der Waals surface area contributed by atoms with Crippen molar-refractivity contribution in [3.8, 4) is 0 Å². The average Bonchev–Trinajstić information content (AvgIpc) is 3.41. The van der Waals surface area contributed by atoms with Crippen molar-refractivity contribution in [2.24, 2.45) is 0 Å². The molecule has 1 aliphatic rings. The number of benzene rings is 1. The molecule has 0 unspecified atom stereocenters. The lowest BCUT2D eigenvalue weighted by Crippen LogP contribution is -2.39. The number of rotatable bonds is 6. The lowest BCUT2D eigenvalue weighted by Gasteiger charge is -2.21. The Labute approximate surface area is 161 Å². The van der Waals surface area contributed by atoms with Gasteiger partial charge in [-0.1, -0.05) is 18.2 Å². The van der Waals surface area contributed by atoms with E-state index in [1.165, 1.54) is 15.6 Å². The fourth-order valence-corrected chi connectivity index (χ4v) is 5.39. The Morgan fingerprint density at radius 1 is 1.26 bits per heavy atom. The molecule has 27 heavy (non-hydrogen) atoms. The second-order valence-corrected chi connectivity index (χ2v) is 9.53. The monoisotopic (exact) mass is 402 g/mol. The van der Waals surface area contributed by atoms with Gasteiger partial charge in [0.1, 0.15) is 4.90 Å². The second-order valence-electron chi connectivity index (χ2n) is 6.44. The largest absolute Gasteiger partial charge is 0.301 e. The summed E-state index contributed by atoms with van der Waals surface area (Å²) in [6.07, 6.45) is 4.74. The minimum Gasteiger partial charge on any atom is -0.301 e. The first-order valence-corrected chi connectivity index (χ1v) is 10.8. The molecule has 1 aliphatic carbocycles. The van der Waals surface area contributed by atoms with Crippen LogP contribution in [0.2, 0.25) is 0 Å². The molecule has 0 spiro atoms. The fourth-order valence-electron chi connectivity index (χ4n) is 2.90. The normalized spacial score (nSPS) is 14.6. The lowest BCUT2D eigenvalue weighted by atomic mass is 10.2. The van der Waals surface area contributed by atoms with Crippen molar-refractivity contribution >= 4 is 43.3 Å². The zero-order valence-electron chi connectivity index (χ0n) is 14.6. The number of thiazole rings is 1. The van der Waals surface area contributed by atoms with Crippen molar-refractivity contribution in [2.75, 3.05) is 11.9 Å². The predicted octanol–water partition coefficient (Wildman–Crippen LogP) is 2.79. The number of nitrogens with zero attached hydrogens (tertiary/aromatic N) is 3. The van der Waals surface area contributed by atoms with Gasteiger partial charge < -0.3 is 5.32 Å². The molecule has 3 aromatic rings. The van der Waals surface area contributed by atoms with Crippen LogP contribution in [0.3, 0.4) is 0 Å². The highest BCUT2D eigenvalue weighted by Crippen LogP contribution is 2.33. The molecule has 0 saturated heterocycles. The number of anilines is 1. The Hall–Kier alpha value is -2.36. The maximum Gasteiger partial charge on any atom is 0.245 e. The smallest absolute Gasteiger partial charge is 0.245 e. The van der Waals surface area contributed by atoms with Crippen LogP contribution in [0.4, 0.5) is 5.13 Å². The van der Waals surface area contributed by atoms with Crippen molar-refractivity contribution in [1.29, 1.82) is 0 Å². The SMILES string of the molecule is Cc1cnc(NC(=O)CN(C2CC2)S(=O)(=O)c2cccc3cccnc23)s1. The van der Waals surface area contributed by atoms with E-state index in [1.54, 1.807) is 30.6 Å². The zero-order valence-corrected chi connectivity index (χ0v) is 16.3. The highest BCUT2D eigenvalue weighted by molar-refractivity contribution is 7.89. The van der Waals surface area contributed by atoms with E-state index < -0.39 is 15.9 Å². The summed E-state index contributed by atoms with van der Waals surface area (Å²) in [7, 11) is -3.85. The number of aryl methyl sites for hydroxylation is 1. The van der Waals surface area contributed by atoms with Crippen LogP contribution in [0, 0.1) is 6.92 Å². The summed E-state index contributed by atoms with van der Waals surface area (Å²) in [5.41, 5.74) is 0.418. The van der Waals surface area contributed by atoms with Gasteiger partial charge in [0.2, 0.25) is 15.9 Å². The molecule has 1 N–H and O–H groups in total. The number of hydrogen-bond acceptors (Lipinski definition) is 6. The third-order valence-electron chi connectivity index (χ3n) is 4.30. The van der Waals surface area contributed by atoms with Crippen LogP contribution in [0.1, 0.15) is 17.7 Å². The number of pyridine rings is 1. The molecule has 0 radical (unpaired) electrons. The Kier molecular flexibility index (Phi) is 4.67. The standard InChI is InChI=1S/C18H18N4O3S2/c1-12-10-20-18(26-12)21-16(23)11-22(14-7-8-14)27(24,25)15-6-2-4-13-5-3-9-19-17(13)15/h2-6,9-10,14H,7-8,11H2,1H3,(H,20,21,23). The minimum absolute atomic E-state index is 0.130. The van der Waals surface area contributed by atoms with Gasteiger partial charge in [-0.25, -0.2) is 13.4 Å². The van der Waals surface area contributed by atoms with Crippen molar-refractivity contribution in [3.63, 3.8) is 0 Å². The van der Waals surface area contributed by atoms with Crippen molar-refractivity contribution in [3.05, 3.63) is 47.6 Å². The quantitative estimate of drug-likeness (QED) is 0.684. The number of carbonyl (C=O) groups excluding carboxylic acids is 1. The number of carbonyl (C=O) groups is 1. The lowest BCUT2D eigenvalue weighted by molar-refractivity contribution is -0.116. The Bertz CT molecular complexity index is 1100. The van der Waals surface area contributed by atoms with Crippen LogP contribution in [-0.4, -0.2) is 41.2 Å². The van der Waals surface area contributed by atoms with E-state index in [4.69, 9.17) is 0 Å². The summed E-state index contributed by atoms with van der Waals surface area (Å²) in [5, 5.41) is 3.90. The third kappa shape index (κ3) is 3.71. The van der Waals surface area contributed by atoms with E-state index in [1.807, 2.05) is 19.1 Å². The molecule has 2 heterocycles. The molecule has 0 bridgehead atoms. The zero-order chi connectivity index (χ0) is 19.0. The van der Waals surface area contributed by atoms with E-state index in [0.717, 1.165) is 23.1 Å². The Morgan fingerprint density at radius 2 is 2.04 bits per heavy atom. The molecule has 1 fully saturated rings. The number of hydrogen-bond donors (Lipinski definition) is 1. The van der Waals surface area contributed by atoms with E-state index in [0.29, 0.717) is 10.6 Å². The topological polar surface area (TPSA) is 92.3 Å². The van der Waals surface area contributed by atoms with Crippen LogP contribution >= 0.6 is 11.3 Å². The van der Waals surface area contributed by atoms with Crippen molar-refractivity contribution < 1.29 is 13.2 Å². The van der Waals surface area contributed by atoms with E-state index >= 15 is 0 Å². The average molecular weight is 403 g/mol. The molecule has 0 atom stereocenters. The summed E-state index contributed by atoms with van der Waals surface area (Å²) in [6, 6.07) is 8.49. The summed E-state index contributed by atoms with van der Waals surface area (Å²) in [4.78, 5) is 21.9. The maximum absolute atomic E-state index is 13.3. The number of para-hydroxylation sites is 1. The number of fused-ring (bicyclic) bond motifs is 1. The predicted molar refractivity (Wildman–Crippen MR) is 104 cm³/mol. The molecule has 0 aliphatic heterocycles. The van der Waals surface area contributed by atoms with Gasteiger partial charge in [0, 0.05) is 28.7 Å². The molecule has 140 valence electrons. The van der Waals surface area contributed by atoms with E-state index in [9.17, 15) is 13.2 Å². The molecule has 7 nitrogen and oxygen atoms in total. The van der Waals surface area contributed by atoms with Crippen LogP contribution in [0.15, 0.2) is 47.6 Å². The molecule has 1 amide bonds. The molecule has 4 rings (SSSR count). The molecule has 9 heteroatoms. The molecule has 2 aromatic heterocycles. The number of aromatic nitrogens is 2. The van der Waals surface area contributed by atoms with Crippen LogP contribution in [0.5, 0.6) is 0 Å². The first-order chi connectivity index (χ1) is 12.9. The molecule has 1 saturated carbocycles. The number of sulfonamides is 1. The second kappa shape index (κ2) is 6.99. The van der Waals surface area contributed by atoms with E-state index in [2.05, 4.69) is 15.3 Å². The van der Waals surface area contributed by atoms with Gasteiger partial charge in [-0.05, 0) is 31.9 Å². The van der Waals surface area contributed by atoms with Gasteiger partial charge in [0.25, 0.3) is 0 Å². The Balaban J connectivity index is 1.63. The molecular formula is C18H18N4O3S2. The van der Waals surface area contributed by atoms with Crippen molar-refractivity contribution in [1.82, 2.24) is 14.3 Å². The molecule has 1 aromatic carbocycles. The van der Waals surface area contributed by atoms with Gasteiger partial charge in [0.15, 0.2) is 5.13 Å². The summed E-state index contributed by atoms with van der Waals surface area (Å²) < 4.78 is 27.9. The van der Waals surface area contributed by atoms with Gasteiger partial charge in [-0.2, -0.15) is 4.31 Å². The summed E-state index contributed by atoms with van der Waals surface area (Å²) in [6.45, 7) is 1.65.